The van der Waals surface area contributed by atoms with E-state index in [1.807, 2.05) is 0 Å². The summed E-state index contributed by atoms with van der Waals surface area (Å²) in [6.07, 6.45) is 5.47. The van der Waals surface area contributed by atoms with Gasteiger partial charge in [-0.1, -0.05) is 23.4 Å². The first kappa shape index (κ1) is 15.6. The largest absolute Gasteiger partial charge is 0.360 e. The first-order valence-electron chi connectivity index (χ1n) is 8.12. The standard InChI is InChI=1S/C18H17FN4O2/c1-23-9-8-20-17(23)16(12-4-2-3-5-13(12)19)21-18(24)14-10-15(25-22-14)11-6-7-11/h2-5,8-11,16H,6-7H2,1H3,(H,21,24). The summed E-state index contributed by atoms with van der Waals surface area (Å²) in [6.45, 7) is 0. The minimum absolute atomic E-state index is 0.192. The van der Waals surface area contributed by atoms with Gasteiger partial charge in [-0.25, -0.2) is 9.37 Å². The lowest BCUT2D eigenvalue weighted by molar-refractivity contribution is 0.0931. The van der Waals surface area contributed by atoms with Crippen molar-refractivity contribution in [2.75, 3.05) is 0 Å². The van der Waals surface area contributed by atoms with Crippen LogP contribution in [-0.2, 0) is 7.05 Å². The van der Waals surface area contributed by atoms with Crippen molar-refractivity contribution in [1.29, 1.82) is 0 Å². The van der Waals surface area contributed by atoms with Gasteiger partial charge in [0, 0.05) is 37.0 Å². The molecule has 1 saturated carbocycles. The average molecular weight is 340 g/mol. The Hall–Kier alpha value is -2.96. The van der Waals surface area contributed by atoms with Gasteiger partial charge in [0.1, 0.15) is 23.4 Å². The first-order chi connectivity index (χ1) is 12.1. The highest BCUT2D eigenvalue weighted by Gasteiger charge is 2.30. The Balaban J connectivity index is 1.65. The van der Waals surface area contributed by atoms with Crippen LogP contribution in [0.4, 0.5) is 4.39 Å². The van der Waals surface area contributed by atoms with E-state index >= 15 is 0 Å². The molecule has 1 atom stereocenters. The number of hydrogen-bond donors (Lipinski definition) is 1. The van der Waals surface area contributed by atoms with E-state index in [1.165, 1.54) is 6.07 Å². The summed E-state index contributed by atoms with van der Waals surface area (Å²) >= 11 is 0. The van der Waals surface area contributed by atoms with Crippen molar-refractivity contribution in [1.82, 2.24) is 20.0 Å². The fourth-order valence-electron chi connectivity index (χ4n) is 2.81. The Kier molecular flexibility index (Phi) is 3.83. The molecule has 25 heavy (non-hydrogen) atoms. The van der Waals surface area contributed by atoms with Crippen LogP contribution in [-0.4, -0.2) is 20.6 Å². The molecule has 1 N–H and O–H groups in total. The Morgan fingerprint density at radius 3 is 2.88 bits per heavy atom. The van der Waals surface area contributed by atoms with Gasteiger partial charge < -0.3 is 14.4 Å². The molecule has 1 aromatic carbocycles. The van der Waals surface area contributed by atoms with Gasteiger partial charge in [0.2, 0.25) is 0 Å². The van der Waals surface area contributed by atoms with Crippen LogP contribution in [0.5, 0.6) is 0 Å². The number of aromatic nitrogens is 3. The van der Waals surface area contributed by atoms with Crippen molar-refractivity contribution in [3.05, 3.63) is 71.4 Å². The zero-order chi connectivity index (χ0) is 17.4. The number of nitrogens with one attached hydrogen (secondary N) is 1. The van der Waals surface area contributed by atoms with Crippen LogP contribution < -0.4 is 5.32 Å². The first-order valence-corrected chi connectivity index (χ1v) is 8.12. The second-order valence-corrected chi connectivity index (χ2v) is 6.21. The molecular formula is C18H17FN4O2. The maximum Gasteiger partial charge on any atom is 0.274 e. The number of aryl methyl sites for hydroxylation is 1. The molecule has 3 aromatic rings. The highest BCUT2D eigenvalue weighted by atomic mass is 19.1. The van der Waals surface area contributed by atoms with E-state index in [9.17, 15) is 9.18 Å². The quantitative estimate of drug-likeness (QED) is 0.775. The van der Waals surface area contributed by atoms with Crippen molar-refractivity contribution in [2.45, 2.75) is 24.8 Å². The van der Waals surface area contributed by atoms with Gasteiger partial charge in [0.05, 0.1) is 0 Å². The molecule has 1 aliphatic rings. The van der Waals surface area contributed by atoms with Gasteiger partial charge in [-0.3, -0.25) is 4.79 Å². The van der Waals surface area contributed by atoms with Crippen molar-refractivity contribution < 1.29 is 13.7 Å². The molecule has 7 heteroatoms. The third-order valence-electron chi connectivity index (χ3n) is 4.35. The van der Waals surface area contributed by atoms with Crippen LogP contribution in [0.15, 0.2) is 47.2 Å². The number of imidazole rings is 1. The lowest BCUT2D eigenvalue weighted by atomic mass is 10.1. The molecule has 0 aliphatic heterocycles. The van der Waals surface area contributed by atoms with E-state index in [2.05, 4.69) is 15.5 Å². The van der Waals surface area contributed by atoms with Crippen molar-refractivity contribution in [3.8, 4) is 0 Å². The molecule has 0 bridgehead atoms. The molecule has 6 nitrogen and oxygen atoms in total. The fraction of sp³-hybridized carbons (Fsp3) is 0.278. The summed E-state index contributed by atoms with van der Waals surface area (Å²) in [5.41, 5.74) is 0.536. The zero-order valence-corrected chi connectivity index (χ0v) is 13.6. The second-order valence-electron chi connectivity index (χ2n) is 6.21. The van der Waals surface area contributed by atoms with Crippen LogP contribution in [0.1, 0.15) is 52.4 Å². The van der Waals surface area contributed by atoms with Gasteiger partial charge >= 0.3 is 0 Å². The summed E-state index contributed by atoms with van der Waals surface area (Å²) in [5, 5.41) is 6.66. The van der Waals surface area contributed by atoms with E-state index in [0.717, 1.165) is 18.6 Å². The molecular weight excluding hydrogens is 323 g/mol. The molecule has 2 heterocycles. The summed E-state index contributed by atoms with van der Waals surface area (Å²) in [5.74, 6) is 0.793. The van der Waals surface area contributed by atoms with Crippen molar-refractivity contribution >= 4 is 5.91 Å². The number of hydrogen-bond acceptors (Lipinski definition) is 4. The monoisotopic (exact) mass is 340 g/mol. The van der Waals surface area contributed by atoms with E-state index in [-0.39, 0.29) is 5.69 Å². The Labute approximate surface area is 143 Å². The molecule has 1 unspecified atom stereocenters. The second kappa shape index (κ2) is 6.16. The summed E-state index contributed by atoms with van der Waals surface area (Å²) in [6, 6.07) is 7.25. The summed E-state index contributed by atoms with van der Waals surface area (Å²) in [7, 11) is 1.80. The number of rotatable bonds is 5. The average Bonchev–Trinajstić information content (AvgIpc) is 3.18. The number of halogens is 1. The Bertz CT molecular complexity index is 913. The van der Waals surface area contributed by atoms with Crippen LogP contribution >= 0.6 is 0 Å². The van der Waals surface area contributed by atoms with Crippen LogP contribution in [0.2, 0.25) is 0 Å². The smallest absolute Gasteiger partial charge is 0.274 e. The van der Waals surface area contributed by atoms with Crippen molar-refractivity contribution in [2.24, 2.45) is 7.05 Å². The van der Waals surface area contributed by atoms with Gasteiger partial charge in [-0.05, 0) is 18.9 Å². The van der Waals surface area contributed by atoms with E-state index in [0.29, 0.717) is 17.3 Å². The minimum Gasteiger partial charge on any atom is -0.360 e. The lowest BCUT2D eigenvalue weighted by Gasteiger charge is -2.19. The van der Waals surface area contributed by atoms with Gasteiger partial charge in [-0.15, -0.1) is 0 Å². The van der Waals surface area contributed by atoms with Gasteiger partial charge in [0.25, 0.3) is 5.91 Å². The Morgan fingerprint density at radius 2 is 2.20 bits per heavy atom. The fourth-order valence-corrected chi connectivity index (χ4v) is 2.81. The van der Waals surface area contributed by atoms with Crippen LogP contribution in [0, 0.1) is 5.82 Å². The van der Waals surface area contributed by atoms with Crippen molar-refractivity contribution in [3.63, 3.8) is 0 Å². The maximum absolute atomic E-state index is 14.3. The maximum atomic E-state index is 14.3. The molecule has 0 radical (unpaired) electrons. The molecule has 0 spiro atoms. The molecule has 1 aliphatic carbocycles. The number of carbonyl (C=O) groups excluding carboxylic acids is 1. The van der Waals surface area contributed by atoms with Gasteiger partial charge in [-0.2, -0.15) is 0 Å². The zero-order valence-electron chi connectivity index (χ0n) is 13.6. The van der Waals surface area contributed by atoms with E-state index in [4.69, 9.17) is 4.52 Å². The molecule has 128 valence electrons. The Morgan fingerprint density at radius 1 is 1.40 bits per heavy atom. The molecule has 1 fully saturated rings. The summed E-state index contributed by atoms with van der Waals surface area (Å²) in [4.78, 5) is 16.9. The predicted molar refractivity (Wildman–Crippen MR) is 87.4 cm³/mol. The van der Waals surface area contributed by atoms with Crippen LogP contribution in [0.3, 0.4) is 0 Å². The third kappa shape index (κ3) is 3.05. The van der Waals surface area contributed by atoms with E-state index < -0.39 is 17.8 Å². The number of nitrogens with zero attached hydrogens (tertiary/aromatic N) is 3. The normalized spacial score (nSPS) is 15.1. The molecule has 1 amide bonds. The topological polar surface area (TPSA) is 73.0 Å². The number of carbonyl (C=O) groups is 1. The molecule has 0 saturated heterocycles. The number of amides is 1. The molecule has 2 aromatic heterocycles. The highest BCUT2D eigenvalue weighted by Crippen LogP contribution is 2.40. The van der Waals surface area contributed by atoms with Gasteiger partial charge in [0.15, 0.2) is 5.69 Å². The third-order valence-corrected chi connectivity index (χ3v) is 4.35. The predicted octanol–water partition coefficient (Wildman–Crippen LogP) is 2.94. The van der Waals surface area contributed by atoms with Crippen LogP contribution in [0.25, 0.3) is 0 Å². The lowest BCUT2D eigenvalue weighted by Crippen LogP contribution is -2.31. The SMILES string of the molecule is Cn1ccnc1C(NC(=O)c1cc(C2CC2)on1)c1ccccc1F. The van der Waals surface area contributed by atoms with E-state index in [1.54, 1.807) is 48.3 Å². The highest BCUT2D eigenvalue weighted by molar-refractivity contribution is 5.92. The number of benzene rings is 1. The summed E-state index contributed by atoms with van der Waals surface area (Å²) < 4.78 is 21.3. The minimum atomic E-state index is -0.727. The molecule has 4 rings (SSSR count).